The Morgan fingerprint density at radius 1 is 1.03 bits per heavy atom. The topological polar surface area (TPSA) is 68.5 Å². The minimum absolute atomic E-state index is 0. The molecule has 0 unspecified atom stereocenters. The highest BCUT2D eigenvalue weighted by Gasteiger charge is 2.25. The molecule has 2 aliphatic rings. The average Bonchev–Trinajstić information content (AvgIpc) is 3.18. The number of piperazine rings is 1. The van der Waals surface area contributed by atoms with Crippen molar-refractivity contribution in [1.29, 1.82) is 0 Å². The van der Waals surface area contributed by atoms with Gasteiger partial charge in [0.15, 0.2) is 0 Å². The second kappa shape index (κ2) is 11.6. The zero-order valence-corrected chi connectivity index (χ0v) is 20.7. The molecule has 2 aromatic carbocycles. The molecule has 0 radical (unpaired) electrons. The number of carbonyl (C=O) groups excluding carboxylic acids is 1. The Labute approximate surface area is 211 Å². The van der Waals surface area contributed by atoms with Crippen LogP contribution in [0.15, 0.2) is 65.5 Å². The van der Waals surface area contributed by atoms with Crippen LogP contribution < -0.4 is 11.0 Å². The molecule has 186 valence electrons. The van der Waals surface area contributed by atoms with Gasteiger partial charge >= 0.3 is 11.8 Å². The van der Waals surface area contributed by atoms with Gasteiger partial charge in [0, 0.05) is 37.9 Å². The highest BCUT2D eigenvalue weighted by Crippen LogP contribution is 2.25. The number of halogens is 1. The van der Waals surface area contributed by atoms with Gasteiger partial charge in [-0.1, -0.05) is 48.5 Å². The van der Waals surface area contributed by atoms with E-state index in [-0.39, 0.29) is 36.8 Å². The van der Waals surface area contributed by atoms with E-state index in [9.17, 15) is 9.59 Å². The van der Waals surface area contributed by atoms with Crippen molar-refractivity contribution in [2.24, 2.45) is 0 Å². The smallest absolute Gasteiger partial charge is 0.410 e. The molecule has 2 heterocycles. The normalized spacial score (nSPS) is 18.1. The minimum Gasteiger partial charge on any atom is -0.445 e. The van der Waals surface area contributed by atoms with E-state index in [4.69, 9.17) is 4.74 Å². The first kappa shape index (κ1) is 25.1. The lowest BCUT2D eigenvalue weighted by Crippen LogP contribution is -2.53. The molecule has 5 rings (SSSR count). The van der Waals surface area contributed by atoms with Crippen molar-refractivity contribution in [3.8, 4) is 0 Å². The average molecular weight is 497 g/mol. The van der Waals surface area contributed by atoms with Crippen molar-refractivity contribution in [1.82, 2.24) is 19.4 Å². The van der Waals surface area contributed by atoms with E-state index in [1.54, 1.807) is 4.90 Å². The second-order valence-electron chi connectivity index (χ2n) is 9.13. The molecular formula is C27H33ClN4O3. The quantitative estimate of drug-likeness (QED) is 0.539. The van der Waals surface area contributed by atoms with E-state index in [0.29, 0.717) is 26.2 Å². The first-order chi connectivity index (χ1) is 16.7. The number of aryl methyl sites for hydroxylation is 1. The van der Waals surface area contributed by atoms with Gasteiger partial charge in [0.1, 0.15) is 6.61 Å². The van der Waals surface area contributed by atoms with Crippen LogP contribution >= 0.6 is 12.4 Å². The van der Waals surface area contributed by atoms with Crippen LogP contribution in [-0.2, 0) is 17.9 Å². The lowest BCUT2D eigenvalue weighted by Gasteiger charge is -2.33. The summed E-state index contributed by atoms with van der Waals surface area (Å²) in [5.41, 5.74) is 4.07. The number of hydrogen-bond acceptors (Lipinski definition) is 4. The lowest BCUT2D eigenvalue weighted by molar-refractivity contribution is 0.0838. The number of allylic oxidation sites excluding steroid dienone is 2. The van der Waals surface area contributed by atoms with Gasteiger partial charge in [-0.3, -0.25) is 9.13 Å². The fourth-order valence-corrected chi connectivity index (χ4v) is 5.01. The number of aromatic nitrogens is 2. The zero-order valence-electron chi connectivity index (χ0n) is 19.9. The standard InChI is InChI=1S/C27H32N4O3.ClH/c32-26-30(24-13-7-8-14-25(24)31(26)23-11-5-2-6-12-23)17-15-22-19-29(18-16-28-22)27(33)34-20-21-9-3-1-4-10-21;/h1,3-4,7-11,13-14,22,28H,2,5-6,12,15-20H2;1H/t22-;/m1./s1. The van der Waals surface area contributed by atoms with Gasteiger partial charge in [0.25, 0.3) is 0 Å². The van der Waals surface area contributed by atoms with Crippen LogP contribution in [0, 0.1) is 0 Å². The van der Waals surface area contributed by atoms with Crippen LogP contribution in [-0.4, -0.2) is 45.8 Å². The van der Waals surface area contributed by atoms with Crippen LogP contribution in [0.4, 0.5) is 4.79 Å². The van der Waals surface area contributed by atoms with Crippen LogP contribution in [0.25, 0.3) is 16.7 Å². The number of hydrogen-bond donors (Lipinski definition) is 1. The van der Waals surface area contributed by atoms with Crippen LogP contribution in [0.1, 0.15) is 37.7 Å². The molecule has 0 spiro atoms. The third kappa shape index (κ3) is 5.63. The van der Waals surface area contributed by atoms with E-state index in [1.165, 1.54) is 6.42 Å². The predicted octanol–water partition coefficient (Wildman–Crippen LogP) is 4.64. The largest absolute Gasteiger partial charge is 0.445 e. The summed E-state index contributed by atoms with van der Waals surface area (Å²) in [6, 6.07) is 17.9. The molecule has 0 saturated carbocycles. The second-order valence-corrected chi connectivity index (χ2v) is 9.13. The molecule has 0 bridgehead atoms. The van der Waals surface area contributed by atoms with Gasteiger partial charge in [-0.25, -0.2) is 9.59 Å². The third-order valence-electron chi connectivity index (χ3n) is 6.81. The maximum atomic E-state index is 13.4. The SMILES string of the molecule is Cl.O=C(OCc1ccccc1)N1CCN[C@H](CCn2c(=O)n(C3=CCCCC3)c3ccccc32)C1. The van der Waals surface area contributed by atoms with E-state index in [0.717, 1.165) is 48.0 Å². The molecule has 1 N–H and O–H groups in total. The van der Waals surface area contributed by atoms with Crippen molar-refractivity contribution in [2.45, 2.75) is 51.3 Å². The van der Waals surface area contributed by atoms with E-state index in [2.05, 4.69) is 11.4 Å². The number of amides is 1. The van der Waals surface area contributed by atoms with Crippen LogP contribution in [0.2, 0.25) is 0 Å². The Hall–Kier alpha value is -3.03. The summed E-state index contributed by atoms with van der Waals surface area (Å²) in [5.74, 6) is 0. The fourth-order valence-electron chi connectivity index (χ4n) is 5.01. The Bertz CT molecular complexity index is 1230. The van der Waals surface area contributed by atoms with Crippen molar-refractivity contribution in [2.75, 3.05) is 19.6 Å². The monoisotopic (exact) mass is 496 g/mol. The molecule has 1 aliphatic heterocycles. The zero-order chi connectivity index (χ0) is 23.3. The highest BCUT2D eigenvalue weighted by molar-refractivity contribution is 5.85. The van der Waals surface area contributed by atoms with Gasteiger partial charge < -0.3 is 15.0 Å². The molecule has 1 aliphatic carbocycles. The summed E-state index contributed by atoms with van der Waals surface area (Å²) < 4.78 is 9.31. The fraction of sp³-hybridized carbons (Fsp3) is 0.407. The van der Waals surface area contributed by atoms with Crippen molar-refractivity contribution in [3.63, 3.8) is 0 Å². The maximum Gasteiger partial charge on any atom is 0.410 e. The summed E-state index contributed by atoms with van der Waals surface area (Å²) in [6.45, 7) is 2.79. The first-order valence-electron chi connectivity index (χ1n) is 12.3. The van der Waals surface area contributed by atoms with Crippen LogP contribution in [0.5, 0.6) is 0 Å². The molecule has 3 aromatic rings. The maximum absolute atomic E-state index is 13.4. The Morgan fingerprint density at radius 2 is 1.80 bits per heavy atom. The number of ether oxygens (including phenoxy) is 1. The summed E-state index contributed by atoms with van der Waals surface area (Å²) in [4.78, 5) is 27.8. The first-order valence-corrected chi connectivity index (χ1v) is 12.3. The minimum atomic E-state index is -0.284. The van der Waals surface area contributed by atoms with E-state index >= 15 is 0 Å². The number of carbonyl (C=O) groups is 1. The molecule has 1 fully saturated rings. The van der Waals surface area contributed by atoms with E-state index in [1.807, 2.05) is 63.7 Å². The number of rotatable bonds is 6. The molecule has 1 saturated heterocycles. The Kier molecular flexibility index (Phi) is 8.31. The van der Waals surface area contributed by atoms with Gasteiger partial charge in [-0.05, 0) is 49.8 Å². The number of fused-ring (bicyclic) bond motifs is 1. The Morgan fingerprint density at radius 3 is 2.57 bits per heavy atom. The van der Waals surface area contributed by atoms with Gasteiger partial charge in [0.2, 0.25) is 0 Å². The summed E-state index contributed by atoms with van der Waals surface area (Å²) >= 11 is 0. The third-order valence-corrected chi connectivity index (χ3v) is 6.81. The molecular weight excluding hydrogens is 464 g/mol. The Balaban J connectivity index is 0.00000289. The highest BCUT2D eigenvalue weighted by atomic mass is 35.5. The predicted molar refractivity (Wildman–Crippen MR) is 141 cm³/mol. The van der Waals surface area contributed by atoms with E-state index < -0.39 is 0 Å². The van der Waals surface area contributed by atoms with Crippen molar-refractivity contribution < 1.29 is 9.53 Å². The molecule has 1 aromatic heterocycles. The van der Waals surface area contributed by atoms with Crippen LogP contribution in [0.3, 0.4) is 0 Å². The molecule has 35 heavy (non-hydrogen) atoms. The molecule has 1 atom stereocenters. The molecule has 8 heteroatoms. The number of nitrogens with zero attached hydrogens (tertiary/aromatic N) is 3. The van der Waals surface area contributed by atoms with Gasteiger partial charge in [-0.2, -0.15) is 0 Å². The van der Waals surface area contributed by atoms with Crippen molar-refractivity contribution in [3.05, 3.63) is 76.7 Å². The number of benzene rings is 2. The lowest BCUT2D eigenvalue weighted by atomic mass is 10.0. The number of para-hydroxylation sites is 2. The van der Waals surface area contributed by atoms with Crippen molar-refractivity contribution >= 4 is 35.2 Å². The molecule has 1 amide bonds. The number of imidazole rings is 1. The molecule has 7 nitrogen and oxygen atoms in total. The summed E-state index contributed by atoms with van der Waals surface area (Å²) in [7, 11) is 0. The summed E-state index contributed by atoms with van der Waals surface area (Å²) in [6.07, 6.45) is 6.97. The van der Waals surface area contributed by atoms with Gasteiger partial charge in [0.05, 0.1) is 11.0 Å². The number of nitrogens with one attached hydrogen (secondary N) is 1. The van der Waals surface area contributed by atoms with Gasteiger partial charge in [-0.15, -0.1) is 12.4 Å². The summed E-state index contributed by atoms with van der Waals surface area (Å²) in [5, 5.41) is 3.50.